The molecule has 0 aliphatic carbocycles. The summed E-state index contributed by atoms with van der Waals surface area (Å²) in [5, 5.41) is 10.7. The van der Waals surface area contributed by atoms with Gasteiger partial charge in [-0.3, -0.25) is 14.6 Å². The number of pyridine rings is 1. The van der Waals surface area contributed by atoms with Gasteiger partial charge in [0.05, 0.1) is 38.6 Å². The van der Waals surface area contributed by atoms with Crippen LogP contribution in [-0.2, 0) is 17.6 Å². The Labute approximate surface area is 210 Å². The lowest BCUT2D eigenvalue weighted by molar-refractivity contribution is -0.136. The molecule has 5 aromatic rings. The van der Waals surface area contributed by atoms with E-state index >= 15 is 0 Å². The van der Waals surface area contributed by atoms with Gasteiger partial charge < -0.3 is 10.1 Å². The highest BCUT2D eigenvalue weighted by Gasteiger charge is 2.17. The third kappa shape index (κ3) is 4.90. The van der Waals surface area contributed by atoms with Crippen molar-refractivity contribution < 1.29 is 14.7 Å². The smallest absolute Gasteiger partial charge is 0.303 e. The minimum absolute atomic E-state index is 0.0117. The summed E-state index contributed by atoms with van der Waals surface area (Å²) in [6, 6.07) is 20.3. The van der Waals surface area contributed by atoms with Gasteiger partial charge in [-0.15, -0.1) is 0 Å². The number of halogens is 2. The zero-order valence-corrected chi connectivity index (χ0v) is 19.9. The van der Waals surface area contributed by atoms with Crippen molar-refractivity contribution in [1.82, 2.24) is 15.0 Å². The maximum atomic E-state index is 13.0. The van der Waals surface area contributed by atoms with Crippen molar-refractivity contribution in [2.24, 2.45) is 0 Å². The predicted octanol–water partition coefficient (Wildman–Crippen LogP) is 6.53. The van der Waals surface area contributed by atoms with Gasteiger partial charge in [0.1, 0.15) is 5.82 Å². The molecule has 0 saturated carbocycles. The van der Waals surface area contributed by atoms with Gasteiger partial charge >= 0.3 is 5.97 Å². The largest absolute Gasteiger partial charge is 0.481 e. The SMILES string of the molecule is O=C(O)CCc1cc(Cl)c(-c2nc3ccc(C(=O)Cc4ccc5ccccc5n4)cc3[nH]2)c(Cl)c1. The summed E-state index contributed by atoms with van der Waals surface area (Å²) in [7, 11) is 0. The molecule has 0 amide bonds. The predicted molar refractivity (Wildman–Crippen MR) is 137 cm³/mol. The number of hydrogen-bond acceptors (Lipinski definition) is 4. The number of hydrogen-bond donors (Lipinski definition) is 2. The first-order valence-corrected chi connectivity index (χ1v) is 11.7. The van der Waals surface area contributed by atoms with Crippen LogP contribution in [0.2, 0.25) is 10.0 Å². The number of para-hydroxylation sites is 1. The summed E-state index contributed by atoms with van der Waals surface area (Å²) in [5.74, 6) is -0.467. The van der Waals surface area contributed by atoms with Crippen molar-refractivity contribution in [3.05, 3.63) is 93.6 Å². The molecule has 0 bridgehead atoms. The first kappa shape index (κ1) is 23.0. The second-order valence-electron chi connectivity index (χ2n) is 8.24. The van der Waals surface area contributed by atoms with Crippen LogP contribution in [0.5, 0.6) is 0 Å². The maximum absolute atomic E-state index is 13.0. The molecule has 3 aromatic carbocycles. The zero-order valence-electron chi connectivity index (χ0n) is 18.4. The Morgan fingerprint density at radius 1 is 0.886 bits per heavy atom. The summed E-state index contributed by atoms with van der Waals surface area (Å²) in [5.41, 5.74) is 4.72. The molecule has 5 rings (SSSR count). The van der Waals surface area contributed by atoms with Gasteiger partial charge in [-0.05, 0) is 54.4 Å². The number of fused-ring (bicyclic) bond motifs is 2. The molecule has 35 heavy (non-hydrogen) atoms. The molecule has 0 spiro atoms. The summed E-state index contributed by atoms with van der Waals surface area (Å²) >= 11 is 12.9. The number of Topliss-reactive ketones (excluding diaryl/α,β-unsaturated/α-hetero) is 1. The highest BCUT2D eigenvalue weighted by molar-refractivity contribution is 6.39. The fraction of sp³-hybridized carbons (Fsp3) is 0.111. The van der Waals surface area contributed by atoms with E-state index in [4.69, 9.17) is 28.3 Å². The number of ketones is 1. The Morgan fingerprint density at radius 2 is 1.66 bits per heavy atom. The van der Waals surface area contributed by atoms with Crippen molar-refractivity contribution >= 4 is 56.9 Å². The van der Waals surface area contributed by atoms with Gasteiger partial charge in [-0.1, -0.05) is 47.5 Å². The van der Waals surface area contributed by atoms with Crippen LogP contribution in [0.1, 0.15) is 28.0 Å². The monoisotopic (exact) mass is 503 g/mol. The van der Waals surface area contributed by atoms with E-state index in [0.717, 1.165) is 16.5 Å². The number of carbonyl (C=O) groups excluding carboxylic acids is 1. The number of nitrogens with one attached hydrogen (secondary N) is 1. The van der Waals surface area contributed by atoms with Crippen LogP contribution < -0.4 is 0 Å². The Kier molecular flexibility index (Phi) is 6.24. The molecular formula is C27H19Cl2N3O3. The number of rotatable bonds is 7. The second-order valence-corrected chi connectivity index (χ2v) is 9.06. The molecule has 174 valence electrons. The number of benzene rings is 3. The summed E-state index contributed by atoms with van der Waals surface area (Å²) in [6.45, 7) is 0. The van der Waals surface area contributed by atoms with Gasteiger partial charge in [-0.25, -0.2) is 4.98 Å². The first-order valence-electron chi connectivity index (χ1n) is 10.9. The van der Waals surface area contributed by atoms with Crippen LogP contribution in [-0.4, -0.2) is 31.8 Å². The topological polar surface area (TPSA) is 95.9 Å². The molecule has 0 atom stereocenters. The standard InChI is InChI=1S/C27H19Cl2N3O3/c28-19-11-15(5-10-25(34)35)12-20(29)26(19)27-31-22-9-7-17(13-23(22)32-27)24(33)14-18-8-6-16-3-1-2-4-21(16)30-18/h1-4,6-9,11-13H,5,10,14H2,(H,31,32)(H,34,35). The van der Waals surface area contributed by atoms with Crippen LogP contribution in [0.25, 0.3) is 33.3 Å². The minimum atomic E-state index is -0.889. The lowest BCUT2D eigenvalue weighted by Crippen LogP contribution is -2.05. The Bertz CT molecular complexity index is 1590. The number of aromatic amines is 1. The first-order chi connectivity index (χ1) is 16.9. The minimum Gasteiger partial charge on any atom is -0.481 e. The van der Waals surface area contributed by atoms with Crippen LogP contribution in [0, 0.1) is 0 Å². The quantitative estimate of drug-likeness (QED) is 0.246. The molecule has 0 aliphatic rings. The average Bonchev–Trinajstić information content (AvgIpc) is 3.25. The molecule has 2 aromatic heterocycles. The van der Waals surface area contributed by atoms with E-state index in [0.29, 0.717) is 50.1 Å². The van der Waals surface area contributed by atoms with Crippen molar-refractivity contribution in [2.75, 3.05) is 0 Å². The fourth-order valence-electron chi connectivity index (χ4n) is 4.02. The van der Waals surface area contributed by atoms with Gasteiger partial charge in [0, 0.05) is 23.1 Å². The molecule has 2 heterocycles. The van der Waals surface area contributed by atoms with Crippen LogP contribution in [0.4, 0.5) is 0 Å². The lowest BCUT2D eigenvalue weighted by atomic mass is 10.0. The number of aryl methyl sites for hydroxylation is 1. The van der Waals surface area contributed by atoms with Crippen molar-refractivity contribution in [3.8, 4) is 11.4 Å². The van der Waals surface area contributed by atoms with Gasteiger partial charge in [0.25, 0.3) is 0 Å². The number of aliphatic carboxylic acids is 1. The van der Waals surface area contributed by atoms with E-state index < -0.39 is 5.97 Å². The number of H-pyrrole nitrogens is 1. The molecular weight excluding hydrogens is 485 g/mol. The van der Waals surface area contributed by atoms with E-state index in [1.807, 2.05) is 36.4 Å². The molecule has 0 unspecified atom stereocenters. The molecule has 0 saturated heterocycles. The molecule has 0 fully saturated rings. The average molecular weight is 504 g/mol. The molecule has 0 aliphatic heterocycles. The van der Waals surface area contributed by atoms with Gasteiger partial charge in [0.15, 0.2) is 5.78 Å². The molecule has 2 N–H and O–H groups in total. The van der Waals surface area contributed by atoms with Crippen molar-refractivity contribution in [1.29, 1.82) is 0 Å². The Hall–Kier alpha value is -3.74. The number of imidazole rings is 1. The summed E-state index contributed by atoms with van der Waals surface area (Å²) in [4.78, 5) is 36.2. The van der Waals surface area contributed by atoms with E-state index in [-0.39, 0.29) is 18.6 Å². The third-order valence-corrected chi connectivity index (χ3v) is 6.36. The molecule has 6 nitrogen and oxygen atoms in total. The lowest BCUT2D eigenvalue weighted by Gasteiger charge is -2.07. The third-order valence-electron chi connectivity index (χ3n) is 5.77. The number of nitrogens with zero attached hydrogens (tertiary/aromatic N) is 2. The Balaban J connectivity index is 1.41. The van der Waals surface area contributed by atoms with Gasteiger partial charge in [-0.2, -0.15) is 0 Å². The van der Waals surface area contributed by atoms with Gasteiger partial charge in [0.2, 0.25) is 0 Å². The van der Waals surface area contributed by atoms with Crippen LogP contribution >= 0.6 is 23.2 Å². The maximum Gasteiger partial charge on any atom is 0.303 e. The second kappa shape index (κ2) is 9.49. The number of aromatic nitrogens is 3. The van der Waals surface area contributed by atoms with E-state index in [2.05, 4.69) is 15.0 Å². The summed E-state index contributed by atoms with van der Waals surface area (Å²) < 4.78 is 0. The normalized spacial score (nSPS) is 11.3. The summed E-state index contributed by atoms with van der Waals surface area (Å²) in [6.07, 6.45) is 0.502. The zero-order chi connectivity index (χ0) is 24.5. The van der Waals surface area contributed by atoms with E-state index in [1.165, 1.54) is 0 Å². The van der Waals surface area contributed by atoms with Crippen LogP contribution in [0.15, 0.2) is 66.7 Å². The number of carbonyl (C=O) groups is 2. The van der Waals surface area contributed by atoms with E-state index in [9.17, 15) is 9.59 Å². The number of carboxylic acids is 1. The van der Waals surface area contributed by atoms with Crippen LogP contribution in [0.3, 0.4) is 0 Å². The van der Waals surface area contributed by atoms with Crippen molar-refractivity contribution in [3.63, 3.8) is 0 Å². The fourth-order valence-corrected chi connectivity index (χ4v) is 4.73. The highest BCUT2D eigenvalue weighted by Crippen LogP contribution is 2.35. The van der Waals surface area contributed by atoms with E-state index in [1.54, 1.807) is 30.3 Å². The number of carboxylic acid groups (broad SMARTS) is 1. The molecule has 0 radical (unpaired) electrons. The molecule has 8 heteroatoms. The Morgan fingerprint density at radius 3 is 2.43 bits per heavy atom. The highest BCUT2D eigenvalue weighted by atomic mass is 35.5. The van der Waals surface area contributed by atoms with Crippen molar-refractivity contribution in [2.45, 2.75) is 19.3 Å².